The summed E-state index contributed by atoms with van der Waals surface area (Å²) in [6.45, 7) is 14.7. The van der Waals surface area contributed by atoms with Crippen LogP contribution in [0.15, 0.2) is 62.8 Å². The Morgan fingerprint density at radius 2 is 1.86 bits per heavy atom. The van der Waals surface area contributed by atoms with Crippen LogP contribution in [0.3, 0.4) is 0 Å². The van der Waals surface area contributed by atoms with Crippen LogP contribution < -0.4 is 15.2 Å². The number of fused-ring (bicyclic) bond motifs is 1. The van der Waals surface area contributed by atoms with E-state index in [0.29, 0.717) is 29.1 Å². The number of hydrogen-bond donors (Lipinski definition) is 0. The number of furan rings is 1. The Kier molecular flexibility index (Phi) is 7.58. The fourth-order valence-electron chi connectivity index (χ4n) is 4.31. The standard InChI is InChI=1S/C29H34N4O3/c1-7-32(8-2)27-15-14-21(36-27)18-30-33-28(31-25-13-11-10-12-22(25)29(33)34)24-17-23(19(4)5)26(35-9-3)16-20(24)6/h10-19H,7-9H2,1-6H3. The molecule has 0 radical (unpaired) electrons. The van der Waals surface area contributed by atoms with Crippen LogP contribution in [-0.4, -0.2) is 35.6 Å². The quantitative estimate of drug-likeness (QED) is 0.263. The lowest BCUT2D eigenvalue weighted by molar-refractivity contribution is 0.335. The molecule has 7 heteroatoms. The minimum Gasteiger partial charge on any atom is -0.494 e. The molecule has 2 heterocycles. The molecule has 0 atom stereocenters. The van der Waals surface area contributed by atoms with Gasteiger partial charge < -0.3 is 14.1 Å². The molecule has 4 aromatic rings. The first-order valence-corrected chi connectivity index (χ1v) is 12.6. The second kappa shape index (κ2) is 10.8. The number of benzene rings is 2. The predicted octanol–water partition coefficient (Wildman–Crippen LogP) is 6.22. The first kappa shape index (κ1) is 25.2. The van der Waals surface area contributed by atoms with E-state index in [1.165, 1.54) is 4.68 Å². The molecular formula is C29H34N4O3. The van der Waals surface area contributed by atoms with E-state index in [1.807, 2.05) is 50.2 Å². The van der Waals surface area contributed by atoms with Crippen LogP contribution in [-0.2, 0) is 0 Å². The van der Waals surface area contributed by atoms with Gasteiger partial charge in [0.15, 0.2) is 11.7 Å². The molecule has 0 aliphatic heterocycles. The molecule has 0 spiro atoms. The van der Waals surface area contributed by atoms with Gasteiger partial charge in [-0.05, 0) is 75.1 Å². The molecule has 0 fully saturated rings. The van der Waals surface area contributed by atoms with Crippen molar-refractivity contribution in [2.75, 3.05) is 24.6 Å². The van der Waals surface area contributed by atoms with Crippen LogP contribution in [0.25, 0.3) is 22.3 Å². The third kappa shape index (κ3) is 4.91. The Morgan fingerprint density at radius 1 is 1.11 bits per heavy atom. The molecule has 0 amide bonds. The number of ether oxygens (including phenoxy) is 1. The number of para-hydroxylation sites is 1. The number of aromatic nitrogens is 2. The Balaban J connectivity index is 1.90. The van der Waals surface area contributed by atoms with Gasteiger partial charge in [-0.2, -0.15) is 9.78 Å². The molecule has 0 aliphatic rings. The van der Waals surface area contributed by atoms with Crippen LogP contribution >= 0.6 is 0 Å². The molecule has 0 unspecified atom stereocenters. The van der Waals surface area contributed by atoms with Crippen molar-refractivity contribution in [3.63, 3.8) is 0 Å². The summed E-state index contributed by atoms with van der Waals surface area (Å²) in [6.07, 6.45) is 1.57. The van der Waals surface area contributed by atoms with Gasteiger partial charge in [0.05, 0.1) is 23.7 Å². The van der Waals surface area contributed by atoms with Crippen LogP contribution in [0, 0.1) is 6.92 Å². The zero-order chi connectivity index (χ0) is 25.8. The van der Waals surface area contributed by atoms with E-state index in [9.17, 15) is 4.79 Å². The smallest absolute Gasteiger partial charge is 0.282 e. The topological polar surface area (TPSA) is 72.9 Å². The Morgan fingerprint density at radius 3 is 2.56 bits per heavy atom. The van der Waals surface area contributed by atoms with E-state index in [1.54, 1.807) is 12.3 Å². The Hall–Kier alpha value is -3.87. The van der Waals surface area contributed by atoms with Gasteiger partial charge in [-0.1, -0.05) is 26.0 Å². The van der Waals surface area contributed by atoms with Crippen molar-refractivity contribution in [2.24, 2.45) is 5.10 Å². The minimum atomic E-state index is -0.234. The maximum Gasteiger partial charge on any atom is 0.282 e. The van der Waals surface area contributed by atoms with Gasteiger partial charge in [0.25, 0.3) is 5.56 Å². The lowest BCUT2D eigenvalue weighted by Gasteiger charge is -2.18. The van der Waals surface area contributed by atoms with Crippen molar-refractivity contribution in [2.45, 2.75) is 47.5 Å². The molecule has 188 valence electrons. The number of hydrogen-bond acceptors (Lipinski definition) is 6. The summed E-state index contributed by atoms with van der Waals surface area (Å²) in [4.78, 5) is 20.6. The SMILES string of the molecule is CCOc1cc(C)c(-c2nc3ccccc3c(=O)n2N=Cc2ccc(N(CC)CC)o2)cc1C(C)C. The van der Waals surface area contributed by atoms with Gasteiger partial charge in [0, 0.05) is 24.7 Å². The van der Waals surface area contributed by atoms with Gasteiger partial charge >= 0.3 is 0 Å². The molecular weight excluding hydrogens is 452 g/mol. The van der Waals surface area contributed by atoms with Gasteiger partial charge in [0.1, 0.15) is 11.5 Å². The third-order valence-electron chi connectivity index (χ3n) is 6.26. The molecule has 36 heavy (non-hydrogen) atoms. The molecule has 2 aromatic heterocycles. The zero-order valence-corrected chi connectivity index (χ0v) is 21.9. The normalized spacial score (nSPS) is 11.6. The fraction of sp³-hybridized carbons (Fsp3) is 0.345. The Labute approximate surface area is 212 Å². The van der Waals surface area contributed by atoms with Gasteiger partial charge in [-0.25, -0.2) is 4.98 Å². The highest BCUT2D eigenvalue weighted by Crippen LogP contribution is 2.34. The second-order valence-corrected chi connectivity index (χ2v) is 8.96. The first-order valence-electron chi connectivity index (χ1n) is 12.6. The highest BCUT2D eigenvalue weighted by atomic mass is 16.5. The second-order valence-electron chi connectivity index (χ2n) is 8.96. The molecule has 2 aromatic carbocycles. The van der Waals surface area contributed by atoms with Crippen molar-refractivity contribution >= 4 is 23.0 Å². The monoisotopic (exact) mass is 486 g/mol. The van der Waals surface area contributed by atoms with Crippen molar-refractivity contribution in [3.05, 3.63) is 75.8 Å². The van der Waals surface area contributed by atoms with Crippen LogP contribution in [0.4, 0.5) is 5.88 Å². The van der Waals surface area contributed by atoms with E-state index >= 15 is 0 Å². The number of rotatable bonds is 9. The zero-order valence-electron chi connectivity index (χ0n) is 21.9. The molecule has 0 bridgehead atoms. The summed E-state index contributed by atoms with van der Waals surface area (Å²) in [5.41, 5.74) is 3.25. The fourth-order valence-corrected chi connectivity index (χ4v) is 4.31. The highest BCUT2D eigenvalue weighted by Gasteiger charge is 2.18. The van der Waals surface area contributed by atoms with E-state index in [-0.39, 0.29) is 11.5 Å². The highest BCUT2D eigenvalue weighted by molar-refractivity contribution is 5.81. The van der Waals surface area contributed by atoms with Crippen LogP contribution in [0.5, 0.6) is 5.75 Å². The largest absolute Gasteiger partial charge is 0.494 e. The Bertz CT molecular complexity index is 1440. The third-order valence-corrected chi connectivity index (χ3v) is 6.26. The summed E-state index contributed by atoms with van der Waals surface area (Å²) < 4.78 is 13.2. The summed E-state index contributed by atoms with van der Waals surface area (Å²) in [6, 6.07) is 15.2. The average Bonchev–Trinajstić information content (AvgIpc) is 3.33. The number of nitrogens with zero attached hydrogens (tertiary/aromatic N) is 4. The number of anilines is 1. The predicted molar refractivity (Wildman–Crippen MR) is 147 cm³/mol. The maximum atomic E-state index is 13.6. The average molecular weight is 487 g/mol. The van der Waals surface area contributed by atoms with E-state index in [2.05, 4.69) is 43.8 Å². The number of aryl methyl sites for hydroxylation is 1. The molecule has 0 aliphatic carbocycles. The molecule has 4 rings (SSSR count). The minimum absolute atomic E-state index is 0.233. The van der Waals surface area contributed by atoms with Gasteiger partial charge in [-0.15, -0.1) is 0 Å². The van der Waals surface area contributed by atoms with Crippen molar-refractivity contribution in [3.8, 4) is 17.1 Å². The van der Waals surface area contributed by atoms with E-state index < -0.39 is 0 Å². The molecule has 7 nitrogen and oxygen atoms in total. The maximum absolute atomic E-state index is 13.6. The van der Waals surface area contributed by atoms with Crippen LogP contribution in [0.2, 0.25) is 0 Å². The van der Waals surface area contributed by atoms with Crippen molar-refractivity contribution in [1.82, 2.24) is 9.66 Å². The summed E-state index contributed by atoms with van der Waals surface area (Å²) in [5.74, 6) is 2.90. The van der Waals surface area contributed by atoms with Crippen LogP contribution in [0.1, 0.15) is 57.4 Å². The van der Waals surface area contributed by atoms with Crippen molar-refractivity contribution in [1.29, 1.82) is 0 Å². The summed E-state index contributed by atoms with van der Waals surface area (Å²) >= 11 is 0. The summed E-state index contributed by atoms with van der Waals surface area (Å²) in [5, 5.41) is 5.08. The van der Waals surface area contributed by atoms with Gasteiger partial charge in [0.2, 0.25) is 0 Å². The first-order chi connectivity index (χ1) is 17.4. The lowest BCUT2D eigenvalue weighted by Crippen LogP contribution is -2.21. The van der Waals surface area contributed by atoms with Crippen molar-refractivity contribution < 1.29 is 9.15 Å². The lowest BCUT2D eigenvalue weighted by atomic mass is 9.96. The van der Waals surface area contributed by atoms with E-state index in [0.717, 1.165) is 41.4 Å². The van der Waals surface area contributed by atoms with Gasteiger partial charge in [-0.3, -0.25) is 4.79 Å². The molecule has 0 N–H and O–H groups in total. The summed E-state index contributed by atoms with van der Waals surface area (Å²) in [7, 11) is 0. The molecule has 0 saturated heterocycles. The van der Waals surface area contributed by atoms with E-state index in [4.69, 9.17) is 14.1 Å². The molecule has 0 saturated carbocycles.